The molecule has 216 valence electrons. The number of rotatable bonds is 9. The summed E-state index contributed by atoms with van der Waals surface area (Å²) in [6.45, 7) is 9.61. The standard InChI is InChI=1S/C28H39F3N4O4/c1-17(2)16-22-23-19(18-10-6-7-11-20(18)33-23)13-15-35(22)24(36)21(34-26(38)39-27(3,4)5)12-8-9-14-32-25(37)28(29,30)31/h6-7,10-11,17,21-22,33H,8-9,12-16H2,1-5H3,(H,32,37)(H,34,38)/t21-,22?/m1/s1. The Balaban J connectivity index is 1.79. The molecule has 0 saturated heterocycles. The van der Waals surface area contributed by atoms with Crippen molar-refractivity contribution in [3.63, 3.8) is 0 Å². The van der Waals surface area contributed by atoms with Crippen molar-refractivity contribution in [1.82, 2.24) is 20.5 Å². The lowest BCUT2D eigenvalue weighted by Gasteiger charge is -2.39. The van der Waals surface area contributed by atoms with Crippen LogP contribution < -0.4 is 10.6 Å². The molecule has 2 atom stereocenters. The molecule has 1 aromatic heterocycles. The second-order valence-corrected chi connectivity index (χ2v) is 11.4. The third kappa shape index (κ3) is 8.12. The summed E-state index contributed by atoms with van der Waals surface area (Å²) in [6, 6.07) is 6.88. The number of hydrogen-bond donors (Lipinski definition) is 3. The van der Waals surface area contributed by atoms with Gasteiger partial charge in [-0.25, -0.2) is 4.79 Å². The first-order chi connectivity index (χ1) is 18.2. The van der Waals surface area contributed by atoms with Gasteiger partial charge in [-0.1, -0.05) is 32.0 Å². The number of nitrogens with zero attached hydrogens (tertiary/aromatic N) is 1. The lowest BCUT2D eigenvalue weighted by Crippen LogP contribution is -2.52. The molecule has 1 aromatic carbocycles. The molecule has 0 spiro atoms. The normalized spacial score (nSPS) is 16.6. The summed E-state index contributed by atoms with van der Waals surface area (Å²) in [5.74, 6) is -1.98. The summed E-state index contributed by atoms with van der Waals surface area (Å²) >= 11 is 0. The zero-order valence-corrected chi connectivity index (χ0v) is 23.2. The number of para-hydroxylation sites is 1. The van der Waals surface area contributed by atoms with Crippen molar-refractivity contribution >= 4 is 28.8 Å². The highest BCUT2D eigenvalue weighted by Crippen LogP contribution is 2.38. The van der Waals surface area contributed by atoms with E-state index in [0.29, 0.717) is 25.8 Å². The number of ether oxygens (including phenoxy) is 1. The van der Waals surface area contributed by atoms with E-state index in [1.54, 1.807) is 25.7 Å². The van der Waals surface area contributed by atoms with E-state index in [1.807, 2.05) is 23.5 Å². The summed E-state index contributed by atoms with van der Waals surface area (Å²) in [5, 5.41) is 5.66. The van der Waals surface area contributed by atoms with E-state index in [2.05, 4.69) is 30.2 Å². The summed E-state index contributed by atoms with van der Waals surface area (Å²) in [5.41, 5.74) is 2.42. The van der Waals surface area contributed by atoms with Gasteiger partial charge in [-0.3, -0.25) is 9.59 Å². The van der Waals surface area contributed by atoms with Gasteiger partial charge in [0, 0.05) is 29.7 Å². The van der Waals surface area contributed by atoms with Crippen molar-refractivity contribution in [3.05, 3.63) is 35.5 Å². The topological polar surface area (TPSA) is 104 Å². The Kier molecular flexibility index (Phi) is 9.55. The molecule has 3 N–H and O–H groups in total. The van der Waals surface area contributed by atoms with Crippen molar-refractivity contribution in [2.24, 2.45) is 5.92 Å². The third-order valence-corrected chi connectivity index (χ3v) is 6.59. The van der Waals surface area contributed by atoms with Crippen LogP contribution in [0.4, 0.5) is 18.0 Å². The van der Waals surface area contributed by atoms with E-state index in [4.69, 9.17) is 4.74 Å². The minimum absolute atomic E-state index is 0.185. The number of H-pyrrole nitrogens is 1. The molecule has 11 heteroatoms. The molecule has 0 bridgehead atoms. The molecule has 1 aliphatic rings. The summed E-state index contributed by atoms with van der Waals surface area (Å²) in [4.78, 5) is 43.0. The molecular weight excluding hydrogens is 513 g/mol. The summed E-state index contributed by atoms with van der Waals surface area (Å²) in [6.07, 6.45) is -3.61. The van der Waals surface area contributed by atoms with Crippen LogP contribution in [0.2, 0.25) is 0 Å². The Morgan fingerprint density at radius 3 is 2.46 bits per heavy atom. The molecule has 2 heterocycles. The van der Waals surface area contributed by atoms with Crippen molar-refractivity contribution in [2.45, 2.75) is 90.6 Å². The van der Waals surface area contributed by atoms with Crippen LogP contribution in [0, 0.1) is 5.92 Å². The maximum absolute atomic E-state index is 13.9. The van der Waals surface area contributed by atoms with E-state index in [0.717, 1.165) is 16.6 Å². The van der Waals surface area contributed by atoms with E-state index in [1.165, 1.54) is 5.56 Å². The number of benzene rings is 1. The number of nitrogens with one attached hydrogen (secondary N) is 3. The first-order valence-corrected chi connectivity index (χ1v) is 13.4. The van der Waals surface area contributed by atoms with E-state index >= 15 is 0 Å². The molecule has 3 amide bonds. The molecule has 1 aliphatic heterocycles. The fraction of sp³-hybridized carbons (Fsp3) is 0.607. The van der Waals surface area contributed by atoms with Gasteiger partial charge >= 0.3 is 18.2 Å². The van der Waals surface area contributed by atoms with Gasteiger partial charge in [0.15, 0.2) is 0 Å². The Labute approximate surface area is 227 Å². The number of carbonyl (C=O) groups excluding carboxylic acids is 3. The number of carbonyl (C=O) groups is 3. The first kappa shape index (κ1) is 30.3. The van der Waals surface area contributed by atoms with Crippen LogP contribution >= 0.6 is 0 Å². The largest absolute Gasteiger partial charge is 0.471 e. The number of alkyl halides is 3. The minimum Gasteiger partial charge on any atom is -0.444 e. The molecule has 1 unspecified atom stereocenters. The zero-order chi connectivity index (χ0) is 29.0. The predicted molar refractivity (Wildman–Crippen MR) is 142 cm³/mol. The van der Waals surface area contributed by atoms with Crippen LogP contribution in [-0.4, -0.2) is 58.7 Å². The van der Waals surface area contributed by atoms with Crippen LogP contribution in [0.3, 0.4) is 0 Å². The van der Waals surface area contributed by atoms with Crippen LogP contribution in [0.1, 0.15) is 77.6 Å². The molecule has 0 fully saturated rings. The minimum atomic E-state index is -4.95. The highest BCUT2D eigenvalue weighted by molar-refractivity contribution is 5.88. The fourth-order valence-corrected chi connectivity index (χ4v) is 4.96. The number of unbranched alkanes of at least 4 members (excludes halogenated alkanes) is 1. The van der Waals surface area contributed by atoms with Crippen molar-refractivity contribution in [3.8, 4) is 0 Å². The number of alkyl carbamates (subject to hydrolysis) is 1. The van der Waals surface area contributed by atoms with Crippen molar-refractivity contribution in [2.75, 3.05) is 13.1 Å². The molecular formula is C28H39F3N4O4. The smallest absolute Gasteiger partial charge is 0.444 e. The fourth-order valence-electron chi connectivity index (χ4n) is 4.96. The maximum Gasteiger partial charge on any atom is 0.471 e. The Morgan fingerprint density at radius 1 is 1.13 bits per heavy atom. The van der Waals surface area contributed by atoms with E-state index in [-0.39, 0.29) is 37.3 Å². The number of hydrogen-bond acceptors (Lipinski definition) is 4. The highest BCUT2D eigenvalue weighted by Gasteiger charge is 2.39. The van der Waals surface area contributed by atoms with Gasteiger partial charge in [0.05, 0.1) is 6.04 Å². The Hall–Kier alpha value is -3.24. The monoisotopic (exact) mass is 552 g/mol. The SMILES string of the molecule is CC(C)CC1c2[nH]c3ccccc3c2CCN1C(=O)[C@@H](CCCCNC(=O)C(F)(F)F)NC(=O)OC(C)(C)C. The number of fused-ring (bicyclic) bond motifs is 3. The number of amides is 3. The highest BCUT2D eigenvalue weighted by atomic mass is 19.4. The van der Waals surface area contributed by atoms with E-state index < -0.39 is 29.8 Å². The van der Waals surface area contributed by atoms with Gasteiger partial charge < -0.3 is 25.3 Å². The van der Waals surface area contributed by atoms with Crippen LogP contribution in [0.15, 0.2) is 24.3 Å². The molecule has 2 aromatic rings. The third-order valence-electron chi connectivity index (χ3n) is 6.59. The summed E-state index contributed by atoms with van der Waals surface area (Å²) in [7, 11) is 0. The average Bonchev–Trinajstić information content (AvgIpc) is 3.20. The Morgan fingerprint density at radius 2 is 1.82 bits per heavy atom. The Bertz CT molecular complexity index is 1170. The first-order valence-electron chi connectivity index (χ1n) is 13.4. The van der Waals surface area contributed by atoms with Crippen LogP contribution in [-0.2, 0) is 20.7 Å². The van der Waals surface area contributed by atoms with E-state index in [9.17, 15) is 27.6 Å². The molecule has 0 saturated carbocycles. The number of aromatic amines is 1. The summed E-state index contributed by atoms with van der Waals surface area (Å²) < 4.78 is 42.7. The lowest BCUT2D eigenvalue weighted by atomic mass is 9.90. The molecule has 0 aliphatic carbocycles. The average molecular weight is 553 g/mol. The number of aromatic nitrogens is 1. The second-order valence-electron chi connectivity index (χ2n) is 11.4. The lowest BCUT2D eigenvalue weighted by molar-refractivity contribution is -0.173. The predicted octanol–water partition coefficient (Wildman–Crippen LogP) is 5.38. The van der Waals surface area contributed by atoms with Gasteiger partial charge in [-0.05, 0) is 70.4 Å². The quantitative estimate of drug-likeness (QED) is 0.363. The van der Waals surface area contributed by atoms with Crippen LogP contribution in [0.25, 0.3) is 10.9 Å². The molecule has 39 heavy (non-hydrogen) atoms. The van der Waals surface area contributed by atoms with Gasteiger partial charge in [-0.2, -0.15) is 13.2 Å². The van der Waals surface area contributed by atoms with Crippen molar-refractivity contribution < 1.29 is 32.3 Å². The molecule has 0 radical (unpaired) electrons. The number of halogens is 3. The second kappa shape index (κ2) is 12.3. The molecule has 3 rings (SSSR count). The zero-order valence-electron chi connectivity index (χ0n) is 23.2. The van der Waals surface area contributed by atoms with Gasteiger partial charge in [0.1, 0.15) is 11.6 Å². The van der Waals surface area contributed by atoms with Gasteiger partial charge in [-0.15, -0.1) is 0 Å². The van der Waals surface area contributed by atoms with Crippen LogP contribution in [0.5, 0.6) is 0 Å². The van der Waals surface area contributed by atoms with Gasteiger partial charge in [0.25, 0.3) is 0 Å². The van der Waals surface area contributed by atoms with Crippen molar-refractivity contribution in [1.29, 1.82) is 0 Å². The molecule has 8 nitrogen and oxygen atoms in total. The maximum atomic E-state index is 13.9. The van der Waals surface area contributed by atoms with Gasteiger partial charge in [0.2, 0.25) is 5.91 Å².